The van der Waals surface area contributed by atoms with Crippen LogP contribution in [0.3, 0.4) is 0 Å². The van der Waals surface area contributed by atoms with Gasteiger partial charge in [0.05, 0.1) is 33.4 Å². The summed E-state index contributed by atoms with van der Waals surface area (Å²) in [7, 11) is 2.00. The molecule has 8 atom stereocenters. The fraction of sp³-hybridized carbons (Fsp3) is 0.914. The van der Waals surface area contributed by atoms with Crippen molar-refractivity contribution in [2.75, 3.05) is 46.4 Å². The van der Waals surface area contributed by atoms with Crippen LogP contribution in [0.1, 0.15) is 105 Å². The number of aliphatic hydroxyl groups excluding tert-OH is 2. The highest BCUT2D eigenvalue weighted by Crippen LogP contribution is 2.67. The Kier molecular flexibility index (Phi) is 12.9. The van der Waals surface area contributed by atoms with E-state index in [0.29, 0.717) is 36.1 Å². The number of amides is 1. The number of nitrogens with one attached hydrogen (secondary N) is 1. The first-order valence-corrected chi connectivity index (χ1v) is 17.1. The van der Waals surface area contributed by atoms with Gasteiger partial charge in [-0.15, -0.1) is 0 Å². The van der Waals surface area contributed by atoms with Gasteiger partial charge in [-0.25, -0.2) is 4.79 Å². The Bertz CT molecular complexity index is 905. The number of hydrogen-bond donors (Lipinski definition) is 3. The molecule has 4 aliphatic carbocycles. The molecule has 4 rings (SSSR count). The number of allylic oxidation sites excluding steroid dienone is 1. The summed E-state index contributed by atoms with van der Waals surface area (Å²) in [6, 6.07) is 0. The van der Waals surface area contributed by atoms with Crippen molar-refractivity contribution in [1.82, 2.24) is 5.32 Å². The summed E-state index contributed by atoms with van der Waals surface area (Å²) in [5, 5.41) is 21.7. The van der Waals surface area contributed by atoms with Crippen molar-refractivity contribution < 1.29 is 41.2 Å². The largest absolute Gasteiger partial charge is 1.00 e. The van der Waals surface area contributed by atoms with Crippen LogP contribution in [0.15, 0.2) is 11.6 Å². The molecule has 0 spiro atoms. The highest BCUT2D eigenvalue weighted by molar-refractivity contribution is 5.67. The lowest BCUT2D eigenvalue weighted by Gasteiger charge is -2.58. The first-order chi connectivity index (χ1) is 19.5. The SMILES string of the molecule is CC(C)CCCC(C)[C@H]1CC[C@H]2[C@@H]3CC=C4C[C@@H](OC(=O)NCC[N+](C)(CCO)CCO)CC[C@]4(C)[C@H]3CC[C@]12C.[Br-]. The summed E-state index contributed by atoms with van der Waals surface area (Å²) in [6.07, 6.45) is 16.2. The molecule has 1 amide bonds. The number of quaternary nitrogens is 1. The third kappa shape index (κ3) is 7.77. The summed E-state index contributed by atoms with van der Waals surface area (Å²) in [5.41, 5.74) is 2.33. The Balaban J connectivity index is 0.00000484. The van der Waals surface area contributed by atoms with Crippen LogP contribution in [0.4, 0.5) is 4.79 Å². The number of carbonyl (C=O) groups is 1. The molecule has 0 aromatic carbocycles. The van der Waals surface area contributed by atoms with Gasteiger partial charge in [-0.3, -0.25) is 0 Å². The number of rotatable bonds is 13. The van der Waals surface area contributed by atoms with E-state index in [1.165, 1.54) is 51.4 Å². The van der Waals surface area contributed by atoms with E-state index in [4.69, 9.17) is 4.74 Å². The number of halogens is 1. The van der Waals surface area contributed by atoms with Gasteiger partial charge in [0.25, 0.3) is 0 Å². The number of likely N-dealkylation sites (N-methyl/N-ethyl adjacent to an activating group) is 1. The van der Waals surface area contributed by atoms with E-state index >= 15 is 0 Å². The topological polar surface area (TPSA) is 78.8 Å². The Morgan fingerprint density at radius 1 is 1.02 bits per heavy atom. The smallest absolute Gasteiger partial charge is 0.407 e. The number of nitrogens with zero attached hydrogens (tertiary/aromatic N) is 1. The molecule has 42 heavy (non-hydrogen) atoms. The summed E-state index contributed by atoms with van der Waals surface area (Å²) in [6.45, 7) is 14.9. The first-order valence-electron chi connectivity index (χ1n) is 17.1. The molecule has 3 fully saturated rings. The van der Waals surface area contributed by atoms with E-state index in [-0.39, 0.29) is 47.8 Å². The average molecular weight is 656 g/mol. The second kappa shape index (κ2) is 15.1. The molecule has 3 saturated carbocycles. The van der Waals surface area contributed by atoms with Gasteiger partial charge in [0.15, 0.2) is 0 Å². The summed E-state index contributed by atoms with van der Waals surface area (Å²) < 4.78 is 6.46. The van der Waals surface area contributed by atoms with Crippen LogP contribution in [-0.4, -0.2) is 73.3 Å². The molecule has 0 bridgehead atoms. The molecular formula is C35H63BrN2O4. The predicted octanol–water partition coefficient (Wildman–Crippen LogP) is 3.56. The zero-order chi connectivity index (χ0) is 29.8. The minimum absolute atomic E-state index is 0. The number of aliphatic hydroxyl groups is 2. The fourth-order valence-corrected chi connectivity index (χ4v) is 10.2. The molecule has 0 aliphatic heterocycles. The maximum absolute atomic E-state index is 12.7. The zero-order valence-corrected chi connectivity index (χ0v) is 29.3. The molecule has 6 nitrogen and oxygen atoms in total. The Labute approximate surface area is 267 Å². The normalized spacial score (nSPS) is 34.9. The van der Waals surface area contributed by atoms with Crippen LogP contribution in [0, 0.1) is 46.3 Å². The van der Waals surface area contributed by atoms with Crippen molar-refractivity contribution in [3.63, 3.8) is 0 Å². The zero-order valence-electron chi connectivity index (χ0n) is 27.7. The fourth-order valence-electron chi connectivity index (χ4n) is 10.2. The quantitative estimate of drug-likeness (QED) is 0.210. The van der Waals surface area contributed by atoms with Crippen molar-refractivity contribution in [2.24, 2.45) is 46.3 Å². The van der Waals surface area contributed by atoms with Gasteiger partial charge in [-0.05, 0) is 91.3 Å². The minimum Gasteiger partial charge on any atom is -1.00 e. The van der Waals surface area contributed by atoms with E-state index in [9.17, 15) is 15.0 Å². The molecule has 244 valence electrons. The summed E-state index contributed by atoms with van der Waals surface area (Å²) in [5.74, 6) is 5.03. The maximum Gasteiger partial charge on any atom is 0.407 e. The van der Waals surface area contributed by atoms with Crippen LogP contribution >= 0.6 is 0 Å². The average Bonchev–Trinajstić information content (AvgIpc) is 3.26. The monoisotopic (exact) mass is 654 g/mol. The number of carbonyl (C=O) groups excluding carboxylic acids is 1. The highest BCUT2D eigenvalue weighted by atomic mass is 79.9. The summed E-state index contributed by atoms with van der Waals surface area (Å²) in [4.78, 5) is 12.7. The van der Waals surface area contributed by atoms with E-state index < -0.39 is 0 Å². The maximum atomic E-state index is 12.7. The first kappa shape index (κ1) is 35.8. The van der Waals surface area contributed by atoms with Gasteiger partial charge in [0, 0.05) is 6.42 Å². The molecule has 0 radical (unpaired) electrons. The lowest BCUT2D eigenvalue weighted by molar-refractivity contribution is -0.908. The van der Waals surface area contributed by atoms with Crippen LogP contribution in [0.25, 0.3) is 0 Å². The van der Waals surface area contributed by atoms with Crippen LogP contribution in [0.5, 0.6) is 0 Å². The molecular weight excluding hydrogens is 592 g/mol. The van der Waals surface area contributed by atoms with E-state index in [1.54, 1.807) is 5.57 Å². The molecule has 0 heterocycles. The van der Waals surface area contributed by atoms with Gasteiger partial charge in [0.2, 0.25) is 0 Å². The van der Waals surface area contributed by atoms with Crippen molar-refractivity contribution in [1.29, 1.82) is 0 Å². The Hall–Kier alpha value is -0.630. The Morgan fingerprint density at radius 2 is 1.74 bits per heavy atom. The van der Waals surface area contributed by atoms with Crippen molar-refractivity contribution in [3.05, 3.63) is 11.6 Å². The lowest BCUT2D eigenvalue weighted by Crippen LogP contribution is -3.00. The summed E-state index contributed by atoms with van der Waals surface area (Å²) >= 11 is 0. The van der Waals surface area contributed by atoms with Gasteiger partial charge in [-0.2, -0.15) is 0 Å². The molecule has 0 saturated heterocycles. The highest BCUT2D eigenvalue weighted by Gasteiger charge is 2.59. The molecule has 0 aromatic rings. The Morgan fingerprint density at radius 3 is 2.40 bits per heavy atom. The minimum atomic E-state index is -0.333. The molecule has 3 N–H and O–H groups in total. The second-order valence-electron chi connectivity index (χ2n) is 15.7. The number of hydrogen-bond acceptors (Lipinski definition) is 4. The van der Waals surface area contributed by atoms with E-state index in [0.717, 1.165) is 54.8 Å². The van der Waals surface area contributed by atoms with Crippen LogP contribution in [-0.2, 0) is 4.74 Å². The van der Waals surface area contributed by atoms with Gasteiger partial charge >= 0.3 is 6.09 Å². The van der Waals surface area contributed by atoms with Crippen molar-refractivity contribution in [3.8, 4) is 0 Å². The van der Waals surface area contributed by atoms with Gasteiger partial charge in [-0.1, -0.05) is 65.5 Å². The molecule has 0 aromatic heterocycles. The number of fused-ring (bicyclic) bond motifs is 5. The standard InChI is InChI=1S/C35H62N2O4.BrH/c1-25(2)8-7-9-26(3)30-12-13-31-29-11-10-27-24-28(14-16-34(27,4)32(29)15-17-35(30,31)5)41-33(40)36-18-19-37(6,20-22-38)21-23-39;/h10,25-26,28-32,38-39H,7-9,11-24H2,1-6H3;1H/t26?,28-,29-,30+,31-,32-,34-,35+;/m0./s1. The second-order valence-corrected chi connectivity index (χ2v) is 15.7. The van der Waals surface area contributed by atoms with Crippen LogP contribution < -0.4 is 22.3 Å². The lowest BCUT2D eigenvalue weighted by atomic mass is 9.47. The van der Waals surface area contributed by atoms with Crippen molar-refractivity contribution in [2.45, 2.75) is 111 Å². The van der Waals surface area contributed by atoms with E-state index in [2.05, 4.69) is 46.0 Å². The molecule has 4 aliphatic rings. The molecule has 7 heteroatoms. The van der Waals surface area contributed by atoms with Gasteiger partial charge in [0.1, 0.15) is 19.2 Å². The molecule has 1 unspecified atom stereocenters. The van der Waals surface area contributed by atoms with Crippen LogP contribution in [0.2, 0.25) is 0 Å². The number of alkyl carbamates (subject to hydrolysis) is 1. The third-order valence-electron chi connectivity index (χ3n) is 12.7. The predicted molar refractivity (Wildman–Crippen MR) is 166 cm³/mol. The number of ether oxygens (including phenoxy) is 1. The van der Waals surface area contributed by atoms with Gasteiger partial charge < -0.3 is 41.7 Å². The third-order valence-corrected chi connectivity index (χ3v) is 12.7. The van der Waals surface area contributed by atoms with Crippen molar-refractivity contribution >= 4 is 6.09 Å². The van der Waals surface area contributed by atoms with E-state index in [1.807, 2.05) is 7.05 Å².